The summed E-state index contributed by atoms with van der Waals surface area (Å²) in [4.78, 5) is 13.2. The number of imidazole rings is 1. The maximum absolute atomic E-state index is 5.94. The summed E-state index contributed by atoms with van der Waals surface area (Å²) in [6.45, 7) is 0. The SMILES string of the molecule is Nc1nc(NC2CC2)c2ncn(C3C=CC(CCl)C3)c2n1. The average molecular weight is 305 g/mol. The fourth-order valence-electron chi connectivity index (χ4n) is 2.77. The minimum absolute atomic E-state index is 0.238. The molecule has 1 fully saturated rings. The van der Waals surface area contributed by atoms with Crippen LogP contribution in [0.5, 0.6) is 0 Å². The maximum atomic E-state index is 5.94. The molecule has 0 amide bonds. The Labute approximate surface area is 127 Å². The number of rotatable bonds is 4. The lowest BCUT2D eigenvalue weighted by atomic mass is 10.1. The van der Waals surface area contributed by atoms with Gasteiger partial charge in [0, 0.05) is 11.9 Å². The number of fused-ring (bicyclic) bond motifs is 1. The van der Waals surface area contributed by atoms with Gasteiger partial charge in [-0.15, -0.1) is 11.6 Å². The fourth-order valence-corrected chi connectivity index (χ4v) is 3.00. The molecule has 0 aromatic carbocycles. The van der Waals surface area contributed by atoms with E-state index in [-0.39, 0.29) is 12.0 Å². The number of nitrogens with one attached hydrogen (secondary N) is 1. The first-order chi connectivity index (χ1) is 10.2. The molecule has 2 aliphatic rings. The summed E-state index contributed by atoms with van der Waals surface area (Å²) in [7, 11) is 0. The molecule has 7 heteroatoms. The van der Waals surface area contributed by atoms with Gasteiger partial charge in [-0.3, -0.25) is 0 Å². The van der Waals surface area contributed by atoms with E-state index in [4.69, 9.17) is 17.3 Å². The minimum atomic E-state index is 0.238. The highest BCUT2D eigenvalue weighted by molar-refractivity contribution is 6.18. The number of allylic oxidation sites excluding steroid dienone is 2. The van der Waals surface area contributed by atoms with Gasteiger partial charge in [0.15, 0.2) is 17.0 Å². The van der Waals surface area contributed by atoms with Crippen LogP contribution in [0.1, 0.15) is 25.3 Å². The van der Waals surface area contributed by atoms with Gasteiger partial charge in [-0.25, -0.2) is 4.98 Å². The topological polar surface area (TPSA) is 81.6 Å². The molecule has 3 N–H and O–H groups in total. The summed E-state index contributed by atoms with van der Waals surface area (Å²) >= 11 is 5.94. The summed E-state index contributed by atoms with van der Waals surface area (Å²) < 4.78 is 2.06. The van der Waals surface area contributed by atoms with E-state index in [0.717, 1.165) is 23.4 Å². The van der Waals surface area contributed by atoms with Crippen molar-refractivity contribution in [1.29, 1.82) is 0 Å². The highest BCUT2D eigenvalue weighted by Gasteiger charge is 2.26. The minimum Gasteiger partial charge on any atom is -0.368 e. The van der Waals surface area contributed by atoms with Crippen molar-refractivity contribution < 1.29 is 0 Å². The molecule has 2 aromatic heterocycles. The van der Waals surface area contributed by atoms with Gasteiger partial charge >= 0.3 is 0 Å². The molecule has 2 heterocycles. The molecule has 1 saturated carbocycles. The summed E-state index contributed by atoms with van der Waals surface area (Å²) in [6, 6.07) is 0.737. The van der Waals surface area contributed by atoms with Crippen molar-refractivity contribution in [2.75, 3.05) is 16.9 Å². The first-order valence-corrected chi connectivity index (χ1v) is 7.79. The van der Waals surface area contributed by atoms with Crippen LogP contribution in [0.2, 0.25) is 0 Å². The predicted molar refractivity (Wildman–Crippen MR) is 83.4 cm³/mol. The molecule has 2 aromatic rings. The monoisotopic (exact) mass is 304 g/mol. The molecule has 0 radical (unpaired) electrons. The van der Waals surface area contributed by atoms with E-state index < -0.39 is 0 Å². The highest BCUT2D eigenvalue weighted by Crippen LogP contribution is 2.33. The van der Waals surface area contributed by atoms with E-state index >= 15 is 0 Å². The van der Waals surface area contributed by atoms with Crippen LogP contribution >= 0.6 is 11.6 Å². The van der Waals surface area contributed by atoms with E-state index in [1.807, 2.05) is 6.33 Å². The van der Waals surface area contributed by atoms with E-state index in [0.29, 0.717) is 17.8 Å². The number of anilines is 2. The highest BCUT2D eigenvalue weighted by atomic mass is 35.5. The third-order valence-corrected chi connectivity index (χ3v) is 4.46. The Balaban J connectivity index is 1.73. The summed E-state index contributed by atoms with van der Waals surface area (Å²) in [5, 5.41) is 3.38. The van der Waals surface area contributed by atoms with Crippen molar-refractivity contribution in [3.63, 3.8) is 0 Å². The smallest absolute Gasteiger partial charge is 0.224 e. The van der Waals surface area contributed by atoms with Crippen LogP contribution in [0.15, 0.2) is 18.5 Å². The maximum Gasteiger partial charge on any atom is 0.224 e. The molecule has 110 valence electrons. The van der Waals surface area contributed by atoms with Gasteiger partial charge in [0.05, 0.1) is 12.4 Å². The average Bonchev–Trinajstić information content (AvgIpc) is 3.01. The van der Waals surface area contributed by atoms with E-state index in [1.54, 1.807) is 0 Å². The standard InChI is InChI=1S/C14H17ClN6/c15-6-8-1-4-10(5-8)21-7-17-11-12(18-9-2-3-9)19-14(16)20-13(11)21/h1,4,7-10H,2-3,5-6H2,(H3,16,18,19,20). The summed E-state index contributed by atoms with van der Waals surface area (Å²) in [5.41, 5.74) is 7.44. The van der Waals surface area contributed by atoms with Crippen LogP contribution in [-0.4, -0.2) is 31.4 Å². The summed E-state index contributed by atoms with van der Waals surface area (Å²) in [6.07, 6.45) is 9.48. The molecule has 6 nitrogen and oxygen atoms in total. The number of alkyl halides is 1. The Kier molecular flexibility index (Phi) is 2.99. The van der Waals surface area contributed by atoms with E-state index in [9.17, 15) is 0 Å². The second kappa shape index (κ2) is 4.87. The third-order valence-electron chi connectivity index (χ3n) is 4.06. The Bertz CT molecular complexity index is 705. The zero-order valence-electron chi connectivity index (χ0n) is 11.5. The molecule has 0 saturated heterocycles. The van der Waals surface area contributed by atoms with Crippen LogP contribution in [0.25, 0.3) is 11.2 Å². The number of nitrogen functional groups attached to an aromatic ring is 1. The largest absolute Gasteiger partial charge is 0.368 e. The Hall–Kier alpha value is -1.82. The van der Waals surface area contributed by atoms with Crippen LogP contribution in [0.3, 0.4) is 0 Å². The van der Waals surface area contributed by atoms with Crippen molar-refractivity contribution in [2.24, 2.45) is 5.92 Å². The zero-order valence-corrected chi connectivity index (χ0v) is 12.3. The second-order valence-corrected chi connectivity index (χ2v) is 6.08. The van der Waals surface area contributed by atoms with Crippen molar-refractivity contribution in [2.45, 2.75) is 31.3 Å². The first-order valence-electron chi connectivity index (χ1n) is 7.25. The van der Waals surface area contributed by atoms with Crippen molar-refractivity contribution in [3.05, 3.63) is 18.5 Å². The van der Waals surface area contributed by atoms with Crippen molar-refractivity contribution >= 4 is 34.5 Å². The Morgan fingerprint density at radius 1 is 1.33 bits per heavy atom. The molecule has 2 unspecified atom stereocenters. The molecule has 0 aliphatic heterocycles. The molecular formula is C14H17ClN6. The van der Waals surface area contributed by atoms with Crippen LogP contribution in [-0.2, 0) is 0 Å². The second-order valence-electron chi connectivity index (χ2n) is 5.78. The van der Waals surface area contributed by atoms with Gasteiger partial charge in [-0.1, -0.05) is 12.2 Å². The van der Waals surface area contributed by atoms with Crippen molar-refractivity contribution in [3.8, 4) is 0 Å². The molecule has 0 bridgehead atoms. The zero-order chi connectivity index (χ0) is 14.4. The third kappa shape index (κ3) is 2.33. The fraction of sp³-hybridized carbons (Fsp3) is 0.500. The normalized spacial score (nSPS) is 24.8. The molecule has 2 aliphatic carbocycles. The Morgan fingerprint density at radius 2 is 2.19 bits per heavy atom. The molecule has 4 rings (SSSR count). The first kappa shape index (κ1) is 12.9. The quantitative estimate of drug-likeness (QED) is 0.669. The number of hydrogen-bond donors (Lipinski definition) is 2. The van der Waals surface area contributed by atoms with Gasteiger partial charge in [0.2, 0.25) is 5.95 Å². The van der Waals surface area contributed by atoms with Crippen LogP contribution < -0.4 is 11.1 Å². The molecule has 2 atom stereocenters. The number of aromatic nitrogens is 4. The lowest BCUT2D eigenvalue weighted by Gasteiger charge is -2.13. The number of hydrogen-bond acceptors (Lipinski definition) is 5. The van der Waals surface area contributed by atoms with Crippen LogP contribution in [0.4, 0.5) is 11.8 Å². The van der Waals surface area contributed by atoms with Gasteiger partial charge in [-0.05, 0) is 25.2 Å². The molecule has 21 heavy (non-hydrogen) atoms. The van der Waals surface area contributed by atoms with E-state index in [1.165, 1.54) is 12.8 Å². The molecule has 0 spiro atoms. The lowest BCUT2D eigenvalue weighted by Crippen LogP contribution is -2.10. The van der Waals surface area contributed by atoms with E-state index in [2.05, 4.69) is 37.0 Å². The summed E-state index contributed by atoms with van der Waals surface area (Å²) in [5.74, 6) is 2.08. The number of nitrogens with zero attached hydrogens (tertiary/aromatic N) is 4. The predicted octanol–water partition coefficient (Wildman–Crippen LogP) is 2.34. The Morgan fingerprint density at radius 3 is 2.90 bits per heavy atom. The lowest BCUT2D eigenvalue weighted by molar-refractivity contribution is 0.539. The van der Waals surface area contributed by atoms with Crippen molar-refractivity contribution in [1.82, 2.24) is 19.5 Å². The number of halogens is 1. The van der Waals surface area contributed by atoms with Crippen LogP contribution in [0, 0.1) is 5.92 Å². The van der Waals surface area contributed by atoms with Gasteiger partial charge in [0.1, 0.15) is 0 Å². The van der Waals surface area contributed by atoms with Gasteiger partial charge < -0.3 is 15.6 Å². The van der Waals surface area contributed by atoms with Gasteiger partial charge in [-0.2, -0.15) is 9.97 Å². The molecular weight excluding hydrogens is 288 g/mol. The van der Waals surface area contributed by atoms with Gasteiger partial charge in [0.25, 0.3) is 0 Å². The number of nitrogens with two attached hydrogens (primary N) is 1.